The van der Waals surface area contributed by atoms with Gasteiger partial charge in [-0.25, -0.2) is 0 Å². The summed E-state index contributed by atoms with van der Waals surface area (Å²) in [5.74, 6) is 3.03. The van der Waals surface area contributed by atoms with E-state index in [2.05, 4.69) is 29.2 Å². The second-order valence-corrected chi connectivity index (χ2v) is 6.70. The summed E-state index contributed by atoms with van der Waals surface area (Å²) in [7, 11) is 0. The van der Waals surface area contributed by atoms with Crippen LogP contribution in [-0.2, 0) is 9.53 Å². The van der Waals surface area contributed by atoms with Gasteiger partial charge in [0.15, 0.2) is 0 Å². The molecule has 0 aromatic heterocycles. The van der Waals surface area contributed by atoms with Crippen molar-refractivity contribution in [2.75, 3.05) is 18.1 Å². The van der Waals surface area contributed by atoms with Gasteiger partial charge in [0.25, 0.3) is 0 Å². The molecule has 3 saturated heterocycles. The van der Waals surface area contributed by atoms with Crippen LogP contribution >= 0.6 is 11.8 Å². The molecule has 1 aromatic carbocycles. The van der Waals surface area contributed by atoms with Crippen molar-refractivity contribution in [2.24, 2.45) is 5.92 Å². The molecular formula is C15H17NO2S. The Hall–Kier alpha value is -1.00. The zero-order valence-electron chi connectivity index (χ0n) is 10.7. The van der Waals surface area contributed by atoms with E-state index in [0.29, 0.717) is 18.6 Å². The summed E-state index contributed by atoms with van der Waals surface area (Å²) in [6.07, 6.45) is 0.986. The zero-order valence-corrected chi connectivity index (χ0v) is 11.5. The second kappa shape index (κ2) is 4.53. The largest absolute Gasteiger partial charge is 0.462 e. The fourth-order valence-electron chi connectivity index (χ4n) is 3.73. The quantitative estimate of drug-likeness (QED) is 0.734. The Kier molecular flexibility index (Phi) is 2.81. The summed E-state index contributed by atoms with van der Waals surface area (Å²) in [5, 5.41) is 0. The van der Waals surface area contributed by atoms with E-state index in [0.717, 1.165) is 12.2 Å². The normalized spacial score (nSPS) is 37.8. The molecule has 1 aromatic rings. The number of morpholine rings is 1. The summed E-state index contributed by atoms with van der Waals surface area (Å²) < 4.78 is 5.44. The zero-order chi connectivity index (χ0) is 12.8. The van der Waals surface area contributed by atoms with Gasteiger partial charge < -0.3 is 4.74 Å². The molecule has 3 fully saturated rings. The number of nitrogens with zero attached hydrogens (tertiary/aromatic N) is 1. The number of thioether (sulfide) groups is 1. The van der Waals surface area contributed by atoms with Crippen LogP contribution in [0.15, 0.2) is 30.3 Å². The second-order valence-electron chi connectivity index (χ2n) is 5.62. The SMILES string of the molecule is O=C1OC[C@H](c2ccccc2)N2[C@@H]3CSC[C@@H]3C[C@@H]12. The topological polar surface area (TPSA) is 29.5 Å². The number of rotatable bonds is 1. The van der Waals surface area contributed by atoms with Gasteiger partial charge >= 0.3 is 5.97 Å². The van der Waals surface area contributed by atoms with Gasteiger partial charge in [0.05, 0.1) is 6.04 Å². The van der Waals surface area contributed by atoms with Crippen LogP contribution in [0.4, 0.5) is 0 Å². The molecule has 4 heteroatoms. The Morgan fingerprint density at radius 2 is 2.00 bits per heavy atom. The average molecular weight is 275 g/mol. The van der Waals surface area contributed by atoms with E-state index < -0.39 is 0 Å². The standard InChI is InChI=1S/C15H17NO2S/c17-15-12-6-11-8-19-9-14(11)16(12)13(7-18-15)10-4-2-1-3-5-10/h1-5,11-14H,6-9H2/t11-,12-,13+,14+/m0/s1. The van der Waals surface area contributed by atoms with Crippen molar-refractivity contribution in [1.29, 1.82) is 0 Å². The highest BCUT2D eigenvalue weighted by Crippen LogP contribution is 2.45. The molecule has 0 saturated carbocycles. The van der Waals surface area contributed by atoms with Crippen LogP contribution in [0.3, 0.4) is 0 Å². The Labute approximate surface area is 117 Å². The molecule has 3 aliphatic heterocycles. The molecule has 3 nitrogen and oxygen atoms in total. The van der Waals surface area contributed by atoms with Crippen LogP contribution < -0.4 is 0 Å². The summed E-state index contributed by atoms with van der Waals surface area (Å²) in [5.41, 5.74) is 1.28. The molecule has 19 heavy (non-hydrogen) atoms. The first-order chi connectivity index (χ1) is 9.34. The molecule has 0 radical (unpaired) electrons. The molecule has 3 aliphatic rings. The molecule has 3 heterocycles. The Morgan fingerprint density at radius 3 is 2.84 bits per heavy atom. The third kappa shape index (κ3) is 1.81. The first-order valence-corrected chi connectivity index (χ1v) is 8.07. The molecule has 100 valence electrons. The Morgan fingerprint density at radius 1 is 1.16 bits per heavy atom. The lowest BCUT2D eigenvalue weighted by atomic mass is 10.0. The van der Waals surface area contributed by atoms with Crippen molar-refractivity contribution in [1.82, 2.24) is 4.90 Å². The van der Waals surface area contributed by atoms with Gasteiger partial charge in [-0.2, -0.15) is 11.8 Å². The van der Waals surface area contributed by atoms with Crippen molar-refractivity contribution < 1.29 is 9.53 Å². The lowest BCUT2D eigenvalue weighted by Crippen LogP contribution is -2.50. The van der Waals surface area contributed by atoms with Gasteiger partial charge in [-0.3, -0.25) is 9.69 Å². The number of carbonyl (C=O) groups is 1. The molecule has 0 amide bonds. The fourth-order valence-corrected chi connectivity index (χ4v) is 5.22. The monoisotopic (exact) mass is 275 g/mol. The molecule has 4 rings (SSSR count). The summed E-state index contributed by atoms with van der Waals surface area (Å²) in [6, 6.07) is 11.3. The smallest absolute Gasteiger partial charge is 0.323 e. The van der Waals surface area contributed by atoms with E-state index in [-0.39, 0.29) is 18.1 Å². The maximum absolute atomic E-state index is 12.0. The van der Waals surface area contributed by atoms with Crippen molar-refractivity contribution >= 4 is 17.7 Å². The van der Waals surface area contributed by atoms with E-state index in [1.54, 1.807) is 0 Å². The van der Waals surface area contributed by atoms with Gasteiger partial charge in [-0.05, 0) is 23.7 Å². The summed E-state index contributed by atoms with van der Waals surface area (Å²) in [6.45, 7) is 0.507. The first-order valence-electron chi connectivity index (χ1n) is 6.91. The van der Waals surface area contributed by atoms with Gasteiger partial charge in [0, 0.05) is 11.8 Å². The predicted octanol–water partition coefficient (Wildman–Crippen LogP) is 2.09. The number of hydrogen-bond acceptors (Lipinski definition) is 4. The molecule has 0 aliphatic carbocycles. The van der Waals surface area contributed by atoms with Crippen molar-refractivity contribution in [3.63, 3.8) is 0 Å². The predicted molar refractivity (Wildman–Crippen MR) is 75.0 cm³/mol. The number of carbonyl (C=O) groups excluding carboxylic acids is 1. The van der Waals surface area contributed by atoms with E-state index in [1.165, 1.54) is 11.3 Å². The number of benzene rings is 1. The van der Waals surface area contributed by atoms with E-state index >= 15 is 0 Å². The third-order valence-corrected chi connectivity index (χ3v) is 5.87. The van der Waals surface area contributed by atoms with E-state index in [1.807, 2.05) is 17.8 Å². The highest BCUT2D eigenvalue weighted by Gasteiger charge is 2.52. The molecular weight excluding hydrogens is 258 g/mol. The van der Waals surface area contributed by atoms with Crippen LogP contribution in [-0.4, -0.2) is 41.1 Å². The van der Waals surface area contributed by atoms with Crippen LogP contribution in [0.1, 0.15) is 18.0 Å². The van der Waals surface area contributed by atoms with E-state index in [4.69, 9.17) is 4.74 Å². The van der Waals surface area contributed by atoms with Crippen LogP contribution in [0.5, 0.6) is 0 Å². The van der Waals surface area contributed by atoms with Gasteiger partial charge in [-0.1, -0.05) is 30.3 Å². The van der Waals surface area contributed by atoms with Gasteiger partial charge in [0.2, 0.25) is 0 Å². The minimum Gasteiger partial charge on any atom is -0.462 e. The number of cyclic esters (lactones) is 1. The lowest BCUT2D eigenvalue weighted by molar-refractivity contribution is -0.161. The number of esters is 1. The highest BCUT2D eigenvalue weighted by molar-refractivity contribution is 7.99. The number of fused-ring (bicyclic) bond motifs is 3. The lowest BCUT2D eigenvalue weighted by Gasteiger charge is -2.39. The fraction of sp³-hybridized carbons (Fsp3) is 0.533. The Balaban J connectivity index is 1.70. The molecule has 0 spiro atoms. The third-order valence-electron chi connectivity index (χ3n) is 4.63. The van der Waals surface area contributed by atoms with Crippen LogP contribution in [0.2, 0.25) is 0 Å². The molecule has 4 atom stereocenters. The van der Waals surface area contributed by atoms with Crippen molar-refractivity contribution in [3.8, 4) is 0 Å². The van der Waals surface area contributed by atoms with Crippen LogP contribution in [0, 0.1) is 5.92 Å². The minimum absolute atomic E-state index is 0.00476. The number of ether oxygens (including phenoxy) is 1. The molecule has 0 N–H and O–H groups in total. The summed E-state index contributed by atoms with van der Waals surface area (Å²) in [4.78, 5) is 14.5. The highest BCUT2D eigenvalue weighted by atomic mass is 32.2. The summed E-state index contributed by atoms with van der Waals surface area (Å²) >= 11 is 2.03. The minimum atomic E-state index is -0.00780. The number of hydrogen-bond donors (Lipinski definition) is 0. The van der Waals surface area contributed by atoms with Crippen LogP contribution in [0.25, 0.3) is 0 Å². The average Bonchev–Trinajstić information content (AvgIpc) is 3.02. The maximum Gasteiger partial charge on any atom is 0.323 e. The van der Waals surface area contributed by atoms with Gasteiger partial charge in [0.1, 0.15) is 12.6 Å². The first kappa shape index (κ1) is 11.8. The molecule has 0 unspecified atom stereocenters. The van der Waals surface area contributed by atoms with E-state index in [9.17, 15) is 4.79 Å². The Bertz CT molecular complexity index is 492. The van der Waals surface area contributed by atoms with Crippen molar-refractivity contribution in [3.05, 3.63) is 35.9 Å². The maximum atomic E-state index is 12.0. The molecule has 0 bridgehead atoms. The van der Waals surface area contributed by atoms with Crippen molar-refractivity contribution in [2.45, 2.75) is 24.5 Å². The van der Waals surface area contributed by atoms with Gasteiger partial charge in [-0.15, -0.1) is 0 Å².